The molecule has 32 heavy (non-hydrogen) atoms. The first-order valence-corrected chi connectivity index (χ1v) is 12.3. The minimum Gasteiger partial charge on any atom is -0.343 e. The van der Waals surface area contributed by atoms with Crippen LogP contribution in [0.5, 0.6) is 0 Å². The molecular formula is C24H41N5O3. The lowest BCUT2D eigenvalue weighted by Gasteiger charge is -2.36. The molecule has 1 saturated carbocycles. The van der Waals surface area contributed by atoms with Crippen LogP contribution in [0, 0.1) is 5.41 Å². The van der Waals surface area contributed by atoms with Gasteiger partial charge in [0.25, 0.3) is 0 Å². The summed E-state index contributed by atoms with van der Waals surface area (Å²) in [5.74, 6) is 1.11. The van der Waals surface area contributed by atoms with Gasteiger partial charge in [-0.25, -0.2) is 0 Å². The maximum absolute atomic E-state index is 12.7. The SMILES string of the molecule is CC(=O)NC1(c2noc(CCC(=O)N3CCN(CCC(C)(C)C)CC3)n2)CCCCCC1. The number of nitrogens with zero attached hydrogens (tertiary/aromatic N) is 4. The molecule has 1 aliphatic heterocycles. The second-order valence-corrected chi connectivity index (χ2v) is 10.7. The molecule has 1 aliphatic carbocycles. The van der Waals surface area contributed by atoms with Gasteiger partial charge in [-0.15, -0.1) is 0 Å². The molecular weight excluding hydrogens is 406 g/mol. The van der Waals surface area contributed by atoms with E-state index in [1.165, 1.54) is 13.3 Å². The van der Waals surface area contributed by atoms with E-state index in [1.54, 1.807) is 0 Å². The summed E-state index contributed by atoms with van der Waals surface area (Å²) in [6.07, 6.45) is 8.00. The van der Waals surface area contributed by atoms with Crippen LogP contribution in [-0.2, 0) is 21.5 Å². The van der Waals surface area contributed by atoms with Crippen molar-refractivity contribution in [2.75, 3.05) is 32.7 Å². The van der Waals surface area contributed by atoms with E-state index < -0.39 is 5.54 Å². The Balaban J connectivity index is 1.50. The number of piperazine rings is 1. The lowest BCUT2D eigenvalue weighted by atomic mass is 9.89. The Morgan fingerprint density at radius 1 is 1.06 bits per heavy atom. The van der Waals surface area contributed by atoms with Gasteiger partial charge < -0.3 is 14.7 Å². The largest absolute Gasteiger partial charge is 0.343 e. The highest BCUT2D eigenvalue weighted by atomic mass is 16.5. The number of aryl methyl sites for hydroxylation is 1. The van der Waals surface area contributed by atoms with Crippen molar-refractivity contribution in [3.63, 3.8) is 0 Å². The summed E-state index contributed by atoms with van der Waals surface area (Å²) in [7, 11) is 0. The molecule has 0 atom stereocenters. The zero-order valence-electron chi connectivity index (χ0n) is 20.4. The van der Waals surface area contributed by atoms with Crippen LogP contribution >= 0.6 is 0 Å². The number of aromatic nitrogens is 2. The van der Waals surface area contributed by atoms with Gasteiger partial charge in [-0.3, -0.25) is 14.5 Å². The van der Waals surface area contributed by atoms with Gasteiger partial charge in [0.2, 0.25) is 17.7 Å². The van der Waals surface area contributed by atoms with Crippen LogP contribution in [0.25, 0.3) is 0 Å². The molecule has 0 unspecified atom stereocenters. The maximum atomic E-state index is 12.7. The maximum Gasteiger partial charge on any atom is 0.227 e. The number of hydrogen-bond donors (Lipinski definition) is 1. The van der Waals surface area contributed by atoms with E-state index in [-0.39, 0.29) is 11.8 Å². The first-order chi connectivity index (χ1) is 15.2. The quantitative estimate of drug-likeness (QED) is 0.645. The van der Waals surface area contributed by atoms with Crippen molar-refractivity contribution in [3.05, 3.63) is 11.7 Å². The van der Waals surface area contributed by atoms with E-state index in [1.807, 2.05) is 4.90 Å². The summed E-state index contributed by atoms with van der Waals surface area (Å²) < 4.78 is 5.49. The molecule has 1 N–H and O–H groups in total. The van der Waals surface area contributed by atoms with Gasteiger partial charge in [0.05, 0.1) is 0 Å². The molecule has 2 heterocycles. The number of hydrogen-bond acceptors (Lipinski definition) is 6. The monoisotopic (exact) mass is 447 g/mol. The first kappa shape index (κ1) is 24.7. The highest BCUT2D eigenvalue weighted by molar-refractivity contribution is 5.76. The molecule has 1 aromatic rings. The number of carbonyl (C=O) groups excluding carboxylic acids is 2. The van der Waals surface area contributed by atoms with Crippen molar-refractivity contribution >= 4 is 11.8 Å². The zero-order valence-corrected chi connectivity index (χ0v) is 20.4. The standard InChI is InChI=1S/C24H41N5O3/c1-19(30)26-24(11-7-5-6-8-12-24)22-25-20(32-27-22)9-10-21(31)29-17-15-28(16-18-29)14-13-23(2,3)4/h5-18H2,1-4H3,(H,26,30). The Morgan fingerprint density at radius 3 is 2.31 bits per heavy atom. The predicted molar refractivity (Wildman–Crippen MR) is 123 cm³/mol. The molecule has 0 bridgehead atoms. The van der Waals surface area contributed by atoms with Crippen LogP contribution in [-0.4, -0.2) is 64.5 Å². The second-order valence-electron chi connectivity index (χ2n) is 10.7. The van der Waals surface area contributed by atoms with E-state index in [4.69, 9.17) is 4.52 Å². The van der Waals surface area contributed by atoms with Gasteiger partial charge in [-0.2, -0.15) is 4.98 Å². The summed E-state index contributed by atoms with van der Waals surface area (Å²) in [4.78, 5) is 33.6. The van der Waals surface area contributed by atoms with Crippen molar-refractivity contribution in [3.8, 4) is 0 Å². The van der Waals surface area contributed by atoms with Gasteiger partial charge in [0.1, 0.15) is 5.54 Å². The van der Waals surface area contributed by atoms with E-state index in [0.29, 0.717) is 30.0 Å². The van der Waals surface area contributed by atoms with Crippen LogP contribution in [0.2, 0.25) is 0 Å². The molecule has 180 valence electrons. The average molecular weight is 448 g/mol. The summed E-state index contributed by atoms with van der Waals surface area (Å²) in [5, 5.41) is 7.32. The number of rotatable bonds is 7. The molecule has 1 saturated heterocycles. The lowest BCUT2D eigenvalue weighted by molar-refractivity contribution is -0.133. The van der Waals surface area contributed by atoms with E-state index in [0.717, 1.165) is 71.2 Å². The van der Waals surface area contributed by atoms with E-state index >= 15 is 0 Å². The Hall–Kier alpha value is -1.96. The molecule has 2 amide bonds. The van der Waals surface area contributed by atoms with Gasteiger partial charge >= 0.3 is 0 Å². The van der Waals surface area contributed by atoms with E-state index in [9.17, 15) is 9.59 Å². The number of carbonyl (C=O) groups is 2. The molecule has 0 spiro atoms. The van der Waals surface area contributed by atoms with Crippen molar-refractivity contribution < 1.29 is 14.1 Å². The van der Waals surface area contributed by atoms with E-state index in [2.05, 4.69) is 41.1 Å². The smallest absolute Gasteiger partial charge is 0.227 e. The Morgan fingerprint density at radius 2 is 1.72 bits per heavy atom. The minimum absolute atomic E-state index is 0.0740. The summed E-state index contributed by atoms with van der Waals surface area (Å²) >= 11 is 0. The van der Waals surface area contributed by atoms with Crippen LogP contribution in [0.1, 0.15) is 90.8 Å². The molecule has 1 aromatic heterocycles. The Kier molecular flexibility index (Phi) is 8.31. The van der Waals surface area contributed by atoms with Gasteiger partial charge in [0.15, 0.2) is 5.82 Å². The summed E-state index contributed by atoms with van der Waals surface area (Å²) in [6.45, 7) is 12.9. The zero-order chi connectivity index (χ0) is 23.2. The van der Waals surface area contributed by atoms with Crippen molar-refractivity contribution in [2.24, 2.45) is 5.41 Å². The summed E-state index contributed by atoms with van der Waals surface area (Å²) in [6, 6.07) is 0. The molecule has 3 rings (SSSR count). The average Bonchev–Trinajstić information content (AvgIpc) is 3.10. The molecule has 0 aromatic carbocycles. The minimum atomic E-state index is -0.544. The number of amides is 2. The number of nitrogens with one attached hydrogen (secondary N) is 1. The highest BCUT2D eigenvalue weighted by Crippen LogP contribution is 2.34. The third kappa shape index (κ3) is 7.02. The normalized spacial score (nSPS) is 20.1. The first-order valence-electron chi connectivity index (χ1n) is 12.3. The Bertz CT molecular complexity index is 754. The fraction of sp³-hybridized carbons (Fsp3) is 0.833. The Labute approximate surface area is 192 Å². The van der Waals surface area contributed by atoms with Crippen molar-refractivity contribution in [2.45, 2.75) is 91.0 Å². The summed E-state index contributed by atoms with van der Waals surface area (Å²) in [5.41, 5.74) is -0.206. The fourth-order valence-corrected chi connectivity index (χ4v) is 4.71. The molecule has 8 nitrogen and oxygen atoms in total. The molecule has 2 fully saturated rings. The molecule has 8 heteroatoms. The van der Waals surface area contributed by atoms with Crippen LogP contribution in [0.15, 0.2) is 4.52 Å². The molecule has 0 radical (unpaired) electrons. The van der Waals surface area contributed by atoms with Gasteiger partial charge in [-0.1, -0.05) is 51.6 Å². The van der Waals surface area contributed by atoms with Crippen LogP contribution in [0.4, 0.5) is 0 Å². The second kappa shape index (κ2) is 10.8. The third-order valence-corrected chi connectivity index (χ3v) is 6.72. The van der Waals surface area contributed by atoms with Crippen molar-refractivity contribution in [1.82, 2.24) is 25.3 Å². The van der Waals surface area contributed by atoms with Crippen molar-refractivity contribution in [1.29, 1.82) is 0 Å². The lowest BCUT2D eigenvalue weighted by Crippen LogP contribution is -2.49. The topological polar surface area (TPSA) is 91.6 Å². The van der Waals surface area contributed by atoms with Gasteiger partial charge in [-0.05, 0) is 31.2 Å². The van der Waals surface area contributed by atoms with Crippen LogP contribution < -0.4 is 5.32 Å². The third-order valence-electron chi connectivity index (χ3n) is 6.72. The fourth-order valence-electron chi connectivity index (χ4n) is 4.71. The predicted octanol–water partition coefficient (Wildman–Crippen LogP) is 3.27. The molecule has 2 aliphatic rings. The van der Waals surface area contributed by atoms with Crippen LogP contribution in [0.3, 0.4) is 0 Å². The highest BCUT2D eigenvalue weighted by Gasteiger charge is 2.38. The van der Waals surface area contributed by atoms with Gasteiger partial charge in [0, 0.05) is 45.9 Å².